The van der Waals surface area contributed by atoms with Crippen LogP contribution in [0.2, 0.25) is 0 Å². The number of benzene rings is 2. The molecule has 4 aromatic rings. The summed E-state index contributed by atoms with van der Waals surface area (Å²) in [6.45, 7) is 0. The van der Waals surface area contributed by atoms with Gasteiger partial charge in [0, 0.05) is 28.0 Å². The van der Waals surface area contributed by atoms with Crippen molar-refractivity contribution < 1.29 is 12.8 Å². The lowest BCUT2D eigenvalue weighted by molar-refractivity contribution is 0.601. The van der Waals surface area contributed by atoms with Crippen LogP contribution in [0.4, 0.5) is 10.1 Å². The molecule has 0 aliphatic rings. The summed E-state index contributed by atoms with van der Waals surface area (Å²) in [7, 11) is -2.22. The Hall–Kier alpha value is -2.50. The number of nitrogens with zero attached hydrogens (tertiary/aromatic N) is 4. The molecule has 0 fully saturated rings. The van der Waals surface area contributed by atoms with E-state index in [1.54, 1.807) is 42.2 Å². The van der Waals surface area contributed by atoms with Crippen LogP contribution in [0.5, 0.6) is 0 Å². The minimum absolute atomic E-state index is 0.00157. The quantitative estimate of drug-likeness (QED) is 0.447. The normalized spacial score (nSPS) is 11.7. The average Bonchev–Trinajstić information content (AvgIpc) is 3.08. The smallest absolute Gasteiger partial charge is 0.262 e. The van der Waals surface area contributed by atoms with E-state index in [-0.39, 0.29) is 15.8 Å². The summed E-state index contributed by atoms with van der Waals surface area (Å²) in [5.74, 6) is -0.583. The van der Waals surface area contributed by atoms with Crippen LogP contribution in [-0.4, -0.2) is 28.2 Å². The van der Waals surface area contributed by atoms with Crippen molar-refractivity contribution in [2.75, 3.05) is 4.72 Å². The topological polar surface area (TPSA) is 89.8 Å². The summed E-state index contributed by atoms with van der Waals surface area (Å²) in [6.07, 6.45) is 2.97. The first kappa shape index (κ1) is 19.8. The van der Waals surface area contributed by atoms with Gasteiger partial charge in [-0.1, -0.05) is 15.9 Å². The summed E-state index contributed by atoms with van der Waals surface area (Å²) >= 11 is 4.63. The zero-order chi connectivity index (χ0) is 20.6. The summed E-state index contributed by atoms with van der Waals surface area (Å²) in [4.78, 5) is 4.53. The first-order valence-electron chi connectivity index (χ1n) is 8.22. The number of halogens is 2. The molecule has 7 nitrogen and oxygen atoms in total. The van der Waals surface area contributed by atoms with Gasteiger partial charge in [-0.15, -0.1) is 10.2 Å². The van der Waals surface area contributed by atoms with Crippen LogP contribution in [0.3, 0.4) is 0 Å². The van der Waals surface area contributed by atoms with Gasteiger partial charge in [0.05, 0.1) is 10.6 Å². The molecular weight excluding hydrogens is 481 g/mol. The number of hydrogen-bond donors (Lipinski definition) is 1. The Bertz CT molecular complexity index is 1330. The Morgan fingerprint density at radius 1 is 1.21 bits per heavy atom. The van der Waals surface area contributed by atoms with E-state index in [4.69, 9.17) is 0 Å². The van der Waals surface area contributed by atoms with Crippen molar-refractivity contribution in [2.24, 2.45) is 7.05 Å². The standard InChI is InChI=1S/C18H13BrFN5O2S2/c1-25-10-22-23-18(25)28-15-6-4-11(19)9-14(15)24-29(26,27)16-7-5-13(20)17-12(16)3-2-8-21-17/h2-10,24H,1H3. The molecule has 0 saturated heterocycles. The van der Waals surface area contributed by atoms with Gasteiger partial charge >= 0.3 is 0 Å². The van der Waals surface area contributed by atoms with Crippen LogP contribution >= 0.6 is 27.7 Å². The van der Waals surface area contributed by atoms with Crippen LogP contribution in [0, 0.1) is 5.82 Å². The number of nitrogens with one attached hydrogen (secondary N) is 1. The molecule has 0 radical (unpaired) electrons. The Morgan fingerprint density at radius 3 is 2.79 bits per heavy atom. The van der Waals surface area contributed by atoms with Crippen molar-refractivity contribution in [1.82, 2.24) is 19.7 Å². The van der Waals surface area contributed by atoms with Crippen LogP contribution < -0.4 is 4.72 Å². The van der Waals surface area contributed by atoms with E-state index in [0.717, 1.165) is 6.07 Å². The second-order valence-electron chi connectivity index (χ2n) is 6.02. The SMILES string of the molecule is Cn1cnnc1Sc1ccc(Br)cc1NS(=O)(=O)c1ccc(F)c2ncccc12. The number of fused-ring (bicyclic) bond motifs is 1. The second kappa shape index (κ2) is 7.73. The van der Waals surface area contributed by atoms with Gasteiger partial charge in [-0.25, -0.2) is 12.8 Å². The van der Waals surface area contributed by atoms with E-state index in [0.29, 0.717) is 20.2 Å². The van der Waals surface area contributed by atoms with E-state index in [2.05, 4.69) is 35.8 Å². The summed E-state index contributed by atoms with van der Waals surface area (Å²) in [5, 5.41) is 8.66. The molecule has 11 heteroatoms. The highest BCUT2D eigenvalue weighted by molar-refractivity contribution is 9.10. The molecule has 0 spiro atoms. The maximum absolute atomic E-state index is 14.0. The number of hydrogen-bond acceptors (Lipinski definition) is 6. The molecule has 0 saturated carbocycles. The number of pyridine rings is 1. The molecule has 148 valence electrons. The molecular formula is C18H13BrFN5O2S2. The van der Waals surface area contributed by atoms with Crippen molar-refractivity contribution in [1.29, 1.82) is 0 Å². The largest absolute Gasteiger partial charge is 0.311 e. The molecule has 2 aromatic carbocycles. The minimum Gasteiger partial charge on any atom is -0.311 e. The third-order valence-electron chi connectivity index (χ3n) is 4.03. The molecule has 0 unspecified atom stereocenters. The van der Waals surface area contributed by atoms with Gasteiger partial charge in [0.2, 0.25) is 0 Å². The summed E-state index contributed by atoms with van der Waals surface area (Å²) in [5.41, 5.74) is 0.354. The molecule has 0 aliphatic carbocycles. The third kappa shape index (κ3) is 3.98. The third-order valence-corrected chi connectivity index (χ3v) is 7.07. The molecule has 0 amide bonds. The van der Waals surface area contributed by atoms with Crippen LogP contribution in [0.25, 0.3) is 10.9 Å². The number of sulfonamides is 1. The highest BCUT2D eigenvalue weighted by atomic mass is 79.9. The van der Waals surface area contributed by atoms with E-state index in [1.807, 2.05) is 0 Å². The zero-order valence-electron chi connectivity index (χ0n) is 14.9. The van der Waals surface area contributed by atoms with Gasteiger partial charge in [-0.05, 0) is 54.2 Å². The molecule has 4 rings (SSSR count). The van der Waals surface area contributed by atoms with Crippen molar-refractivity contribution in [3.8, 4) is 0 Å². The lowest BCUT2D eigenvalue weighted by Gasteiger charge is -2.14. The molecule has 2 heterocycles. The summed E-state index contributed by atoms with van der Waals surface area (Å²) < 4.78 is 45.4. The first-order valence-corrected chi connectivity index (χ1v) is 11.3. The maximum Gasteiger partial charge on any atom is 0.262 e. The number of rotatable bonds is 5. The summed E-state index contributed by atoms with van der Waals surface area (Å²) in [6, 6.07) is 10.6. The first-order chi connectivity index (χ1) is 13.8. The molecule has 0 bridgehead atoms. The highest BCUT2D eigenvalue weighted by Crippen LogP contribution is 2.36. The monoisotopic (exact) mass is 493 g/mol. The second-order valence-corrected chi connectivity index (χ2v) is 9.59. The van der Waals surface area contributed by atoms with E-state index in [1.165, 1.54) is 30.1 Å². The molecule has 0 aliphatic heterocycles. The van der Waals surface area contributed by atoms with Crippen molar-refractivity contribution in [3.05, 3.63) is 65.3 Å². The molecule has 29 heavy (non-hydrogen) atoms. The lowest BCUT2D eigenvalue weighted by Crippen LogP contribution is -2.14. The van der Waals surface area contributed by atoms with Crippen LogP contribution in [0.15, 0.2) is 74.4 Å². The Kier molecular flexibility index (Phi) is 5.28. The Labute approximate surface area is 178 Å². The van der Waals surface area contributed by atoms with Gasteiger partial charge in [-0.2, -0.15) is 0 Å². The fraction of sp³-hybridized carbons (Fsp3) is 0.0556. The zero-order valence-corrected chi connectivity index (χ0v) is 18.1. The molecule has 1 N–H and O–H groups in total. The lowest BCUT2D eigenvalue weighted by atomic mass is 10.2. The van der Waals surface area contributed by atoms with Gasteiger partial charge < -0.3 is 4.57 Å². The minimum atomic E-state index is -4.02. The maximum atomic E-state index is 14.0. The van der Waals surface area contributed by atoms with E-state index >= 15 is 0 Å². The predicted molar refractivity (Wildman–Crippen MR) is 112 cm³/mol. The van der Waals surface area contributed by atoms with Crippen LogP contribution in [0.1, 0.15) is 0 Å². The van der Waals surface area contributed by atoms with Crippen molar-refractivity contribution in [3.63, 3.8) is 0 Å². The van der Waals surface area contributed by atoms with E-state index < -0.39 is 15.8 Å². The highest BCUT2D eigenvalue weighted by Gasteiger charge is 2.21. The average molecular weight is 494 g/mol. The number of aryl methyl sites for hydroxylation is 1. The van der Waals surface area contributed by atoms with Crippen molar-refractivity contribution in [2.45, 2.75) is 14.9 Å². The fourth-order valence-corrected chi connectivity index (χ4v) is 5.21. The van der Waals surface area contributed by atoms with E-state index in [9.17, 15) is 12.8 Å². The predicted octanol–water partition coefficient (Wildman–Crippen LogP) is 4.22. The van der Waals surface area contributed by atoms with Gasteiger partial charge in [-0.3, -0.25) is 9.71 Å². The number of aromatic nitrogens is 4. The molecule has 0 atom stereocenters. The van der Waals surface area contributed by atoms with Crippen LogP contribution in [-0.2, 0) is 17.1 Å². The van der Waals surface area contributed by atoms with Gasteiger partial charge in [0.25, 0.3) is 10.0 Å². The Morgan fingerprint density at radius 2 is 2.03 bits per heavy atom. The number of anilines is 1. The van der Waals surface area contributed by atoms with Gasteiger partial charge in [0.15, 0.2) is 5.16 Å². The fourth-order valence-electron chi connectivity index (χ4n) is 2.68. The molecule has 2 aromatic heterocycles. The van der Waals surface area contributed by atoms with Crippen molar-refractivity contribution >= 4 is 54.3 Å². The Balaban J connectivity index is 1.77. The van der Waals surface area contributed by atoms with Gasteiger partial charge in [0.1, 0.15) is 17.7 Å².